The molecule has 0 aliphatic rings. The van der Waals surface area contributed by atoms with Gasteiger partial charge in [0.25, 0.3) is 0 Å². The van der Waals surface area contributed by atoms with Crippen molar-refractivity contribution in [3.05, 3.63) is 5.82 Å². The van der Waals surface area contributed by atoms with E-state index in [0.29, 0.717) is 11.0 Å². The van der Waals surface area contributed by atoms with Crippen LogP contribution in [0.3, 0.4) is 0 Å². The lowest BCUT2D eigenvalue weighted by molar-refractivity contribution is -0.146. The zero-order valence-electron chi connectivity index (χ0n) is 10.0. The SMILES string of the molecule is Cc1nsc(NC(=O)N(C)C(C)(C)C(=O)O)n1. The molecule has 0 unspecified atom stereocenters. The number of hydrogen-bond donors (Lipinski definition) is 2. The van der Waals surface area contributed by atoms with E-state index in [1.165, 1.54) is 20.9 Å². The number of nitrogens with one attached hydrogen (secondary N) is 1. The second kappa shape index (κ2) is 4.66. The lowest BCUT2D eigenvalue weighted by Crippen LogP contribution is -2.52. The maximum atomic E-state index is 11.8. The lowest BCUT2D eigenvalue weighted by atomic mass is 10.1. The van der Waals surface area contributed by atoms with Crippen molar-refractivity contribution in [3.8, 4) is 0 Å². The van der Waals surface area contributed by atoms with Crippen molar-refractivity contribution in [3.63, 3.8) is 0 Å². The van der Waals surface area contributed by atoms with Crippen LogP contribution in [0.15, 0.2) is 0 Å². The molecule has 0 atom stereocenters. The highest BCUT2D eigenvalue weighted by Crippen LogP contribution is 2.16. The summed E-state index contributed by atoms with van der Waals surface area (Å²) >= 11 is 1.05. The molecule has 0 saturated carbocycles. The number of aromatic nitrogens is 2. The van der Waals surface area contributed by atoms with Crippen LogP contribution >= 0.6 is 11.5 Å². The Balaban J connectivity index is 2.74. The summed E-state index contributed by atoms with van der Waals surface area (Å²) < 4.78 is 3.91. The summed E-state index contributed by atoms with van der Waals surface area (Å²) in [5, 5.41) is 11.8. The van der Waals surface area contributed by atoms with E-state index < -0.39 is 17.5 Å². The molecule has 0 aliphatic heterocycles. The normalized spacial score (nSPS) is 11.1. The average molecular weight is 258 g/mol. The van der Waals surface area contributed by atoms with E-state index in [-0.39, 0.29) is 0 Å². The van der Waals surface area contributed by atoms with Crippen LogP contribution in [0, 0.1) is 6.92 Å². The molecular formula is C9H14N4O3S. The predicted molar refractivity (Wildman–Crippen MR) is 63.1 cm³/mol. The third-order valence-corrected chi connectivity index (χ3v) is 3.13. The maximum Gasteiger partial charge on any atom is 0.329 e. The van der Waals surface area contributed by atoms with Gasteiger partial charge in [-0.15, -0.1) is 0 Å². The number of carbonyl (C=O) groups is 2. The van der Waals surface area contributed by atoms with Crippen molar-refractivity contribution in [2.45, 2.75) is 26.3 Å². The van der Waals surface area contributed by atoms with Crippen LogP contribution in [-0.4, -0.2) is 44.0 Å². The molecule has 0 aliphatic carbocycles. The maximum absolute atomic E-state index is 11.8. The van der Waals surface area contributed by atoms with Gasteiger partial charge in [0.1, 0.15) is 11.4 Å². The lowest BCUT2D eigenvalue weighted by Gasteiger charge is -2.31. The quantitative estimate of drug-likeness (QED) is 0.848. The molecule has 0 fully saturated rings. The molecule has 0 saturated heterocycles. The summed E-state index contributed by atoms with van der Waals surface area (Å²) in [4.78, 5) is 27.8. The van der Waals surface area contributed by atoms with E-state index in [2.05, 4.69) is 14.7 Å². The Hall–Kier alpha value is -1.70. The molecule has 0 aromatic carbocycles. The molecule has 2 amide bonds. The van der Waals surface area contributed by atoms with Gasteiger partial charge >= 0.3 is 12.0 Å². The minimum Gasteiger partial charge on any atom is -0.480 e. The zero-order chi connectivity index (χ0) is 13.2. The first-order valence-corrected chi connectivity index (χ1v) is 5.61. The minimum absolute atomic E-state index is 0.348. The van der Waals surface area contributed by atoms with Gasteiger partial charge in [0, 0.05) is 18.6 Å². The van der Waals surface area contributed by atoms with Crippen molar-refractivity contribution in [2.24, 2.45) is 0 Å². The Morgan fingerprint density at radius 1 is 1.47 bits per heavy atom. The van der Waals surface area contributed by atoms with Gasteiger partial charge in [-0.3, -0.25) is 5.32 Å². The standard InChI is InChI=1S/C9H14N4O3S/c1-5-10-7(17-12-5)11-8(16)13(4)9(2,3)6(14)15/h1-4H3,(H,14,15)(H,10,11,12,16). The van der Waals surface area contributed by atoms with E-state index in [1.807, 2.05) is 0 Å². The molecule has 94 valence electrons. The molecule has 1 aromatic heterocycles. The van der Waals surface area contributed by atoms with Crippen LogP contribution in [0.25, 0.3) is 0 Å². The number of carbonyl (C=O) groups excluding carboxylic acids is 1. The van der Waals surface area contributed by atoms with Crippen LogP contribution in [-0.2, 0) is 4.79 Å². The number of anilines is 1. The summed E-state index contributed by atoms with van der Waals surface area (Å²) in [5.41, 5.74) is -1.29. The van der Waals surface area contributed by atoms with Crippen molar-refractivity contribution < 1.29 is 14.7 Å². The van der Waals surface area contributed by atoms with Crippen molar-refractivity contribution >= 4 is 28.7 Å². The van der Waals surface area contributed by atoms with Crippen LogP contribution in [0.5, 0.6) is 0 Å². The summed E-state index contributed by atoms with van der Waals surface area (Å²) in [6.07, 6.45) is 0. The molecule has 1 aromatic rings. The Morgan fingerprint density at radius 3 is 2.47 bits per heavy atom. The fraction of sp³-hybridized carbons (Fsp3) is 0.556. The van der Waals surface area contributed by atoms with Crippen LogP contribution in [0.4, 0.5) is 9.93 Å². The highest BCUT2D eigenvalue weighted by atomic mass is 32.1. The number of aliphatic carboxylic acids is 1. The second-order valence-electron chi connectivity index (χ2n) is 4.00. The largest absolute Gasteiger partial charge is 0.480 e. The average Bonchev–Trinajstić information content (AvgIpc) is 2.62. The van der Waals surface area contributed by atoms with E-state index in [1.54, 1.807) is 6.92 Å². The Morgan fingerprint density at radius 2 is 2.06 bits per heavy atom. The summed E-state index contributed by atoms with van der Waals surface area (Å²) in [6.45, 7) is 4.59. The van der Waals surface area contributed by atoms with Crippen LogP contribution in [0.1, 0.15) is 19.7 Å². The molecule has 7 nitrogen and oxygen atoms in total. The van der Waals surface area contributed by atoms with E-state index >= 15 is 0 Å². The number of nitrogens with zero attached hydrogens (tertiary/aromatic N) is 3. The Bertz CT molecular complexity index is 443. The number of amides is 2. The van der Waals surface area contributed by atoms with Gasteiger partial charge in [-0.25, -0.2) is 14.6 Å². The van der Waals surface area contributed by atoms with Crippen LogP contribution in [0.2, 0.25) is 0 Å². The predicted octanol–water partition coefficient (Wildman–Crippen LogP) is 1.17. The fourth-order valence-corrected chi connectivity index (χ4v) is 1.49. The molecule has 0 radical (unpaired) electrons. The Kier molecular flexibility index (Phi) is 3.66. The van der Waals surface area contributed by atoms with E-state index in [4.69, 9.17) is 5.11 Å². The van der Waals surface area contributed by atoms with Gasteiger partial charge in [0.15, 0.2) is 0 Å². The minimum atomic E-state index is -1.29. The number of carboxylic acids is 1. The molecule has 2 N–H and O–H groups in total. The molecule has 17 heavy (non-hydrogen) atoms. The third kappa shape index (κ3) is 2.90. The van der Waals surface area contributed by atoms with Crippen molar-refractivity contribution in [2.75, 3.05) is 12.4 Å². The van der Waals surface area contributed by atoms with Crippen molar-refractivity contribution in [1.29, 1.82) is 0 Å². The van der Waals surface area contributed by atoms with Gasteiger partial charge in [-0.2, -0.15) is 4.37 Å². The number of rotatable bonds is 3. The first-order valence-electron chi connectivity index (χ1n) is 4.83. The molecule has 1 heterocycles. The molecular weight excluding hydrogens is 244 g/mol. The van der Waals surface area contributed by atoms with Gasteiger partial charge < -0.3 is 10.0 Å². The Labute approximate surface area is 103 Å². The first kappa shape index (κ1) is 13.4. The number of aryl methyl sites for hydroxylation is 1. The van der Waals surface area contributed by atoms with Crippen molar-refractivity contribution in [1.82, 2.24) is 14.3 Å². The topological polar surface area (TPSA) is 95.4 Å². The van der Waals surface area contributed by atoms with Gasteiger partial charge in [0.05, 0.1) is 0 Å². The number of carboxylic acid groups (broad SMARTS) is 1. The molecule has 1 rings (SSSR count). The molecule has 0 spiro atoms. The summed E-state index contributed by atoms with van der Waals surface area (Å²) in [7, 11) is 1.41. The smallest absolute Gasteiger partial charge is 0.329 e. The fourth-order valence-electron chi connectivity index (χ4n) is 0.921. The molecule has 8 heteroatoms. The first-order chi connectivity index (χ1) is 7.75. The van der Waals surface area contributed by atoms with Crippen LogP contribution < -0.4 is 5.32 Å². The van der Waals surface area contributed by atoms with Gasteiger partial charge in [-0.1, -0.05) is 0 Å². The number of hydrogen-bond acceptors (Lipinski definition) is 5. The van der Waals surface area contributed by atoms with E-state index in [0.717, 1.165) is 16.4 Å². The number of likely N-dealkylation sites (N-methyl/N-ethyl adjacent to an activating group) is 1. The highest BCUT2D eigenvalue weighted by molar-refractivity contribution is 7.09. The van der Waals surface area contributed by atoms with Gasteiger partial charge in [-0.05, 0) is 20.8 Å². The second-order valence-corrected chi connectivity index (χ2v) is 4.75. The number of urea groups is 1. The highest BCUT2D eigenvalue weighted by Gasteiger charge is 2.35. The summed E-state index contributed by atoms with van der Waals surface area (Å²) in [5.74, 6) is -0.519. The van der Waals surface area contributed by atoms with Gasteiger partial charge in [0.2, 0.25) is 5.13 Å². The monoisotopic (exact) mass is 258 g/mol. The zero-order valence-corrected chi connectivity index (χ0v) is 10.8. The molecule has 0 bridgehead atoms. The van der Waals surface area contributed by atoms with E-state index in [9.17, 15) is 9.59 Å². The third-order valence-electron chi connectivity index (χ3n) is 2.41. The summed E-state index contributed by atoms with van der Waals surface area (Å²) in [6, 6.07) is -0.534.